The molecule has 0 aliphatic heterocycles. The minimum atomic E-state index is -0.570. The average Bonchev–Trinajstić information content (AvgIpc) is 3.20. The summed E-state index contributed by atoms with van der Waals surface area (Å²) in [6.07, 6.45) is 0.757. The topological polar surface area (TPSA) is 103 Å². The maximum absolute atomic E-state index is 12.4. The molecule has 10 heteroatoms. The Labute approximate surface area is 204 Å². The van der Waals surface area contributed by atoms with Crippen LogP contribution in [0.15, 0.2) is 59.4 Å². The van der Waals surface area contributed by atoms with E-state index in [1.165, 1.54) is 21.9 Å². The number of benzene rings is 2. The summed E-state index contributed by atoms with van der Waals surface area (Å²) in [5.41, 5.74) is 1.28. The van der Waals surface area contributed by atoms with Crippen molar-refractivity contribution in [1.82, 2.24) is 14.6 Å². The van der Waals surface area contributed by atoms with E-state index < -0.39 is 5.97 Å². The summed E-state index contributed by atoms with van der Waals surface area (Å²) in [5, 5.41) is 8.35. The van der Waals surface area contributed by atoms with Gasteiger partial charge in [0.1, 0.15) is 11.6 Å². The van der Waals surface area contributed by atoms with Gasteiger partial charge in [0.05, 0.1) is 11.3 Å². The second-order valence-electron chi connectivity index (χ2n) is 7.99. The first-order chi connectivity index (χ1) is 16.3. The molecule has 0 saturated carbocycles. The smallest absolute Gasteiger partial charge is 0.338 e. The van der Waals surface area contributed by atoms with Crippen LogP contribution in [0, 0.1) is 5.92 Å². The Balaban J connectivity index is 1.38. The number of amides is 1. The number of carbonyl (C=O) groups is 2. The van der Waals surface area contributed by atoms with E-state index in [1.54, 1.807) is 48.5 Å². The molecule has 34 heavy (non-hydrogen) atoms. The Morgan fingerprint density at radius 1 is 1.12 bits per heavy atom. The molecule has 4 rings (SSSR count). The first kappa shape index (κ1) is 23.6. The fourth-order valence-electron chi connectivity index (χ4n) is 3.15. The summed E-state index contributed by atoms with van der Waals surface area (Å²) in [6, 6.07) is 14.2. The number of halogens is 1. The number of nitrogens with zero attached hydrogens (tertiary/aromatic N) is 3. The Kier molecular flexibility index (Phi) is 7.04. The third kappa shape index (κ3) is 5.67. The second-order valence-corrected chi connectivity index (χ2v) is 9.47. The summed E-state index contributed by atoms with van der Waals surface area (Å²) in [5.74, 6) is -0.474. The van der Waals surface area contributed by atoms with E-state index in [2.05, 4.69) is 29.2 Å². The summed E-state index contributed by atoms with van der Waals surface area (Å²) >= 11 is 7.27. The zero-order valence-electron chi connectivity index (χ0n) is 18.4. The first-order valence-electron chi connectivity index (χ1n) is 10.5. The Morgan fingerprint density at radius 2 is 1.88 bits per heavy atom. The number of ether oxygens (including phenoxy) is 1. The summed E-state index contributed by atoms with van der Waals surface area (Å²) in [4.78, 5) is 42.0. The number of aromatic nitrogens is 3. The van der Waals surface area contributed by atoms with Gasteiger partial charge in [0.25, 0.3) is 11.5 Å². The number of carbonyl (C=O) groups excluding carboxylic acids is 2. The maximum atomic E-state index is 12.4. The molecule has 1 amide bonds. The van der Waals surface area contributed by atoms with E-state index >= 15 is 0 Å². The van der Waals surface area contributed by atoms with Crippen molar-refractivity contribution < 1.29 is 14.3 Å². The van der Waals surface area contributed by atoms with Gasteiger partial charge in [-0.25, -0.2) is 9.78 Å². The van der Waals surface area contributed by atoms with Crippen LogP contribution >= 0.6 is 22.9 Å². The van der Waals surface area contributed by atoms with Crippen molar-refractivity contribution >= 4 is 45.5 Å². The standard InChI is InChI=1S/C24H21ClN4O4S/c1-14(2)10-20-28-29-21(30)12-19(27-24(29)34-20)13-33-23(32)15-6-8-18(9-7-15)26-22(31)16-4-3-5-17(25)11-16/h3-9,11-12,14H,10,13H2,1-2H3,(H,26,31). The summed E-state index contributed by atoms with van der Waals surface area (Å²) in [6.45, 7) is 4.01. The van der Waals surface area contributed by atoms with Gasteiger partial charge in [-0.3, -0.25) is 9.59 Å². The molecule has 4 aromatic rings. The zero-order valence-corrected chi connectivity index (χ0v) is 20.0. The van der Waals surface area contributed by atoms with E-state index in [9.17, 15) is 14.4 Å². The first-order valence-corrected chi connectivity index (χ1v) is 11.7. The van der Waals surface area contributed by atoms with Crippen LogP contribution in [0.4, 0.5) is 5.69 Å². The molecule has 0 bridgehead atoms. The number of rotatable bonds is 7. The molecule has 8 nitrogen and oxygen atoms in total. The zero-order chi connectivity index (χ0) is 24.2. The molecule has 0 atom stereocenters. The van der Waals surface area contributed by atoms with Gasteiger partial charge in [0, 0.05) is 28.8 Å². The van der Waals surface area contributed by atoms with Crippen LogP contribution in [0.25, 0.3) is 4.96 Å². The third-order valence-electron chi connectivity index (χ3n) is 4.74. The van der Waals surface area contributed by atoms with Crippen molar-refractivity contribution in [2.75, 3.05) is 5.32 Å². The fourth-order valence-corrected chi connectivity index (χ4v) is 4.47. The average molecular weight is 497 g/mol. The Hall–Kier alpha value is -3.56. The lowest BCUT2D eigenvalue weighted by atomic mass is 10.1. The van der Waals surface area contributed by atoms with E-state index in [0.717, 1.165) is 11.4 Å². The predicted molar refractivity (Wildman–Crippen MR) is 131 cm³/mol. The molecule has 0 saturated heterocycles. The van der Waals surface area contributed by atoms with Gasteiger partial charge in [-0.1, -0.05) is 42.9 Å². The molecule has 0 aliphatic carbocycles. The normalized spacial score (nSPS) is 11.1. The lowest BCUT2D eigenvalue weighted by Gasteiger charge is -2.07. The van der Waals surface area contributed by atoms with Crippen LogP contribution in [0.3, 0.4) is 0 Å². The molecule has 2 aromatic carbocycles. The van der Waals surface area contributed by atoms with Gasteiger partial charge >= 0.3 is 5.97 Å². The Morgan fingerprint density at radius 3 is 2.59 bits per heavy atom. The molecule has 174 valence electrons. The highest BCUT2D eigenvalue weighted by Crippen LogP contribution is 2.17. The second kappa shape index (κ2) is 10.1. The summed E-state index contributed by atoms with van der Waals surface area (Å²) < 4.78 is 6.59. The van der Waals surface area contributed by atoms with Crippen molar-refractivity contribution in [3.05, 3.63) is 91.8 Å². The van der Waals surface area contributed by atoms with Crippen molar-refractivity contribution in [2.24, 2.45) is 5.92 Å². The minimum Gasteiger partial charge on any atom is -0.456 e. The van der Waals surface area contributed by atoms with Crippen LogP contribution in [0.1, 0.15) is 45.3 Å². The number of hydrogen-bond acceptors (Lipinski definition) is 7. The van der Waals surface area contributed by atoms with Crippen LogP contribution in [-0.4, -0.2) is 26.5 Å². The molecule has 2 heterocycles. The quantitative estimate of drug-likeness (QED) is 0.375. The highest BCUT2D eigenvalue weighted by molar-refractivity contribution is 7.16. The molecular weight excluding hydrogens is 476 g/mol. The molecule has 0 spiro atoms. The molecular formula is C24H21ClN4O4S. The van der Waals surface area contributed by atoms with Crippen molar-refractivity contribution in [1.29, 1.82) is 0 Å². The lowest BCUT2D eigenvalue weighted by molar-refractivity contribution is 0.0467. The van der Waals surface area contributed by atoms with Crippen molar-refractivity contribution in [3.63, 3.8) is 0 Å². The number of anilines is 1. The van der Waals surface area contributed by atoms with Crippen LogP contribution in [-0.2, 0) is 17.8 Å². The monoisotopic (exact) mass is 496 g/mol. The van der Waals surface area contributed by atoms with Gasteiger partial charge in [-0.2, -0.15) is 9.61 Å². The van der Waals surface area contributed by atoms with Gasteiger partial charge in [-0.15, -0.1) is 0 Å². The van der Waals surface area contributed by atoms with Crippen LogP contribution in [0.2, 0.25) is 5.02 Å². The molecule has 2 aromatic heterocycles. The fraction of sp³-hybridized carbons (Fsp3) is 0.208. The SMILES string of the molecule is CC(C)Cc1nn2c(=O)cc(COC(=O)c3ccc(NC(=O)c4cccc(Cl)c4)cc3)nc2s1. The lowest BCUT2D eigenvalue weighted by Crippen LogP contribution is -2.17. The van der Waals surface area contributed by atoms with Crippen molar-refractivity contribution in [2.45, 2.75) is 26.9 Å². The van der Waals surface area contributed by atoms with Crippen molar-refractivity contribution in [3.8, 4) is 0 Å². The molecule has 0 radical (unpaired) electrons. The molecule has 0 fully saturated rings. The highest BCUT2D eigenvalue weighted by atomic mass is 35.5. The van der Waals surface area contributed by atoms with E-state index in [0.29, 0.717) is 38.4 Å². The highest BCUT2D eigenvalue weighted by Gasteiger charge is 2.13. The predicted octanol–water partition coefficient (Wildman–Crippen LogP) is 4.61. The minimum absolute atomic E-state index is 0.144. The van der Waals surface area contributed by atoms with Gasteiger partial charge in [0.2, 0.25) is 4.96 Å². The third-order valence-corrected chi connectivity index (χ3v) is 5.91. The Bertz CT molecular complexity index is 1410. The molecule has 0 aliphatic rings. The van der Waals surface area contributed by atoms with E-state index in [4.69, 9.17) is 16.3 Å². The maximum Gasteiger partial charge on any atom is 0.338 e. The molecule has 1 N–H and O–H groups in total. The van der Waals surface area contributed by atoms with Gasteiger partial charge in [-0.05, 0) is 48.4 Å². The number of fused-ring (bicyclic) bond motifs is 1. The molecule has 0 unspecified atom stereocenters. The largest absolute Gasteiger partial charge is 0.456 e. The number of nitrogens with one attached hydrogen (secondary N) is 1. The van der Waals surface area contributed by atoms with Crippen LogP contribution in [0.5, 0.6) is 0 Å². The van der Waals surface area contributed by atoms with E-state index in [1.807, 2.05) is 0 Å². The number of hydrogen-bond donors (Lipinski definition) is 1. The van der Waals surface area contributed by atoms with Crippen LogP contribution < -0.4 is 10.9 Å². The van der Waals surface area contributed by atoms with Gasteiger partial charge < -0.3 is 10.1 Å². The van der Waals surface area contributed by atoms with Gasteiger partial charge in [0.15, 0.2) is 0 Å². The van der Waals surface area contributed by atoms with E-state index in [-0.39, 0.29) is 18.1 Å². The number of esters is 1. The summed E-state index contributed by atoms with van der Waals surface area (Å²) in [7, 11) is 0.